The summed E-state index contributed by atoms with van der Waals surface area (Å²) >= 11 is 0. The van der Waals surface area contributed by atoms with Gasteiger partial charge in [-0.15, -0.1) is 0 Å². The fraction of sp³-hybridized carbons (Fsp3) is 0.571. The van der Waals surface area contributed by atoms with Gasteiger partial charge in [-0.05, 0) is 5.16 Å². The van der Waals surface area contributed by atoms with Crippen LogP contribution >= 0.6 is 0 Å². The number of aliphatic hydroxyl groups excluding tert-OH is 1. The number of halogens is 2. The van der Waals surface area contributed by atoms with Crippen molar-refractivity contribution in [3.05, 3.63) is 11.8 Å². The molecule has 0 aliphatic heterocycles. The van der Waals surface area contributed by atoms with E-state index in [4.69, 9.17) is 5.11 Å². The molecule has 1 aromatic rings. The molecule has 0 aliphatic carbocycles. The summed E-state index contributed by atoms with van der Waals surface area (Å²) in [6.45, 7) is -0.615. The minimum atomic E-state index is -3.20. The van der Waals surface area contributed by atoms with Crippen molar-refractivity contribution in [1.29, 1.82) is 0 Å². The monoisotopic (exact) mass is 193 g/mol. The highest BCUT2D eigenvalue weighted by Gasteiger charge is 2.35. The van der Waals surface area contributed by atoms with E-state index in [9.17, 15) is 8.78 Å². The first-order valence-electron chi connectivity index (χ1n) is 3.60. The van der Waals surface area contributed by atoms with Gasteiger partial charge in [0.25, 0.3) is 5.88 Å². The zero-order chi connectivity index (χ0) is 9.90. The van der Waals surface area contributed by atoms with E-state index < -0.39 is 24.7 Å². The van der Waals surface area contributed by atoms with Gasteiger partial charge in [0.1, 0.15) is 0 Å². The van der Waals surface area contributed by atoms with Gasteiger partial charge in [0.2, 0.25) is 5.76 Å². The molecule has 0 unspecified atom stereocenters. The summed E-state index contributed by atoms with van der Waals surface area (Å²) in [5.74, 6) is -3.80. The van der Waals surface area contributed by atoms with Gasteiger partial charge in [-0.2, -0.15) is 8.78 Å². The summed E-state index contributed by atoms with van der Waals surface area (Å²) < 4.78 is 34.8. The summed E-state index contributed by atoms with van der Waals surface area (Å²) in [4.78, 5) is 0. The molecule has 13 heavy (non-hydrogen) atoms. The predicted octanol–water partition coefficient (Wildman–Crippen LogP) is 1.16. The summed E-state index contributed by atoms with van der Waals surface area (Å²) in [7, 11) is 1.30. The van der Waals surface area contributed by atoms with Crippen LogP contribution in [0.1, 0.15) is 12.2 Å². The minimum absolute atomic E-state index is 0.00684. The molecule has 1 aromatic heterocycles. The summed E-state index contributed by atoms with van der Waals surface area (Å²) in [6.07, 6.45) is -0.689. The van der Waals surface area contributed by atoms with Crippen molar-refractivity contribution in [2.45, 2.75) is 12.3 Å². The number of hydrogen-bond donors (Lipinski definition) is 1. The van der Waals surface area contributed by atoms with Crippen LogP contribution in [-0.2, 0) is 5.92 Å². The Labute approximate surface area is 73.1 Å². The minimum Gasteiger partial charge on any atom is -0.479 e. The van der Waals surface area contributed by atoms with Gasteiger partial charge < -0.3 is 14.4 Å². The Morgan fingerprint density at radius 2 is 2.38 bits per heavy atom. The van der Waals surface area contributed by atoms with Gasteiger partial charge in [-0.25, -0.2) is 0 Å². The van der Waals surface area contributed by atoms with Crippen molar-refractivity contribution in [1.82, 2.24) is 5.16 Å². The maximum absolute atomic E-state index is 13.0. The standard InChI is InChI=1S/C7H9F2NO3/c1-12-6-4-5(13-10-6)7(8,9)2-3-11/h4,11H,2-3H2,1H3. The van der Waals surface area contributed by atoms with Crippen LogP contribution < -0.4 is 4.74 Å². The molecular weight excluding hydrogens is 184 g/mol. The van der Waals surface area contributed by atoms with Crippen molar-refractivity contribution in [3.63, 3.8) is 0 Å². The average Bonchev–Trinajstić information content (AvgIpc) is 2.52. The van der Waals surface area contributed by atoms with Crippen LogP contribution in [0.5, 0.6) is 5.88 Å². The largest absolute Gasteiger partial charge is 0.479 e. The molecule has 0 amide bonds. The number of hydrogen-bond acceptors (Lipinski definition) is 4. The zero-order valence-corrected chi connectivity index (χ0v) is 6.96. The Balaban J connectivity index is 2.80. The average molecular weight is 193 g/mol. The van der Waals surface area contributed by atoms with Crippen LogP contribution in [0.3, 0.4) is 0 Å². The maximum atomic E-state index is 13.0. The van der Waals surface area contributed by atoms with E-state index in [2.05, 4.69) is 14.4 Å². The highest BCUT2D eigenvalue weighted by atomic mass is 19.3. The first-order valence-corrected chi connectivity index (χ1v) is 3.60. The molecule has 1 rings (SSSR count). The highest BCUT2D eigenvalue weighted by Crippen LogP contribution is 2.32. The van der Waals surface area contributed by atoms with Gasteiger partial charge >= 0.3 is 5.92 Å². The number of methoxy groups -OCH3 is 1. The van der Waals surface area contributed by atoms with E-state index in [1.54, 1.807) is 0 Å². The molecule has 74 valence electrons. The lowest BCUT2D eigenvalue weighted by molar-refractivity contribution is -0.0500. The molecule has 1 heterocycles. The Hall–Kier alpha value is -1.17. The molecule has 0 atom stereocenters. The number of aliphatic hydroxyl groups is 1. The number of aromatic nitrogens is 1. The molecule has 1 N–H and O–H groups in total. The molecule has 0 bridgehead atoms. The Kier molecular flexibility index (Phi) is 2.82. The highest BCUT2D eigenvalue weighted by molar-refractivity contribution is 5.14. The van der Waals surface area contributed by atoms with Crippen LogP contribution in [0, 0.1) is 0 Å². The molecule has 4 nitrogen and oxygen atoms in total. The third-order valence-electron chi connectivity index (χ3n) is 1.48. The number of alkyl halides is 2. The second-order valence-electron chi connectivity index (χ2n) is 2.41. The van der Waals surface area contributed by atoms with E-state index in [0.29, 0.717) is 0 Å². The van der Waals surface area contributed by atoms with Crippen molar-refractivity contribution >= 4 is 0 Å². The van der Waals surface area contributed by atoms with Gasteiger partial charge in [0, 0.05) is 13.0 Å². The maximum Gasteiger partial charge on any atom is 0.309 e. The first kappa shape index (κ1) is 9.91. The summed E-state index contributed by atoms with van der Waals surface area (Å²) in [5, 5.41) is 11.6. The summed E-state index contributed by atoms with van der Waals surface area (Å²) in [5.41, 5.74) is 0. The molecule has 0 aliphatic rings. The topological polar surface area (TPSA) is 55.5 Å². The molecule has 0 radical (unpaired) electrons. The number of ether oxygens (including phenoxy) is 1. The lowest BCUT2D eigenvalue weighted by Gasteiger charge is -2.09. The van der Waals surface area contributed by atoms with Crippen LogP contribution in [0.2, 0.25) is 0 Å². The van der Waals surface area contributed by atoms with E-state index in [1.807, 2.05) is 0 Å². The molecule has 0 aromatic carbocycles. The predicted molar refractivity (Wildman–Crippen MR) is 38.7 cm³/mol. The van der Waals surface area contributed by atoms with Crippen molar-refractivity contribution in [2.75, 3.05) is 13.7 Å². The van der Waals surface area contributed by atoms with Crippen molar-refractivity contribution < 1.29 is 23.1 Å². The Morgan fingerprint density at radius 1 is 1.69 bits per heavy atom. The molecule has 0 fully saturated rings. The molecule has 0 saturated carbocycles. The SMILES string of the molecule is COc1cc(C(F)(F)CCO)on1. The van der Waals surface area contributed by atoms with E-state index in [1.165, 1.54) is 7.11 Å². The quantitative estimate of drug-likeness (QED) is 0.779. The van der Waals surface area contributed by atoms with Crippen LogP contribution in [-0.4, -0.2) is 24.0 Å². The molecular formula is C7H9F2NO3. The lowest BCUT2D eigenvalue weighted by atomic mass is 10.2. The smallest absolute Gasteiger partial charge is 0.309 e. The second kappa shape index (κ2) is 3.69. The number of nitrogens with zero attached hydrogens (tertiary/aromatic N) is 1. The van der Waals surface area contributed by atoms with Crippen LogP contribution in [0.15, 0.2) is 10.6 Å². The summed E-state index contributed by atoms with van der Waals surface area (Å²) in [6, 6.07) is 0.996. The molecule has 0 saturated heterocycles. The molecule has 6 heteroatoms. The first-order chi connectivity index (χ1) is 6.10. The fourth-order valence-corrected chi connectivity index (χ4v) is 0.791. The lowest BCUT2D eigenvalue weighted by Crippen LogP contribution is -2.14. The van der Waals surface area contributed by atoms with Gasteiger partial charge in [0.05, 0.1) is 13.2 Å². The zero-order valence-electron chi connectivity index (χ0n) is 6.96. The fourth-order valence-electron chi connectivity index (χ4n) is 0.791. The Morgan fingerprint density at radius 3 is 2.85 bits per heavy atom. The van der Waals surface area contributed by atoms with Gasteiger partial charge in [-0.1, -0.05) is 0 Å². The van der Waals surface area contributed by atoms with E-state index in [-0.39, 0.29) is 5.88 Å². The van der Waals surface area contributed by atoms with Gasteiger partial charge in [0.15, 0.2) is 0 Å². The van der Waals surface area contributed by atoms with Crippen molar-refractivity contribution in [3.8, 4) is 5.88 Å². The van der Waals surface area contributed by atoms with Gasteiger partial charge in [-0.3, -0.25) is 0 Å². The van der Waals surface area contributed by atoms with Crippen LogP contribution in [0.4, 0.5) is 8.78 Å². The van der Waals surface area contributed by atoms with Crippen LogP contribution in [0.25, 0.3) is 0 Å². The van der Waals surface area contributed by atoms with E-state index >= 15 is 0 Å². The molecule has 0 spiro atoms. The normalized spacial score (nSPS) is 11.7. The number of rotatable bonds is 4. The second-order valence-corrected chi connectivity index (χ2v) is 2.41. The van der Waals surface area contributed by atoms with Crippen molar-refractivity contribution in [2.24, 2.45) is 0 Å². The Bertz CT molecular complexity index is 274. The van der Waals surface area contributed by atoms with E-state index in [0.717, 1.165) is 6.07 Å². The third kappa shape index (κ3) is 2.15. The third-order valence-corrected chi connectivity index (χ3v) is 1.48.